The van der Waals surface area contributed by atoms with Gasteiger partial charge in [0.1, 0.15) is 5.82 Å². The average Bonchev–Trinajstić information content (AvgIpc) is 2.74. The Balaban J connectivity index is 1.79. The molecule has 0 radical (unpaired) electrons. The summed E-state index contributed by atoms with van der Waals surface area (Å²) in [7, 11) is -3.96. The van der Waals surface area contributed by atoms with Crippen molar-refractivity contribution in [1.29, 1.82) is 0 Å². The Bertz CT molecular complexity index is 1030. The maximum Gasteiger partial charge on any atom is 0.241 e. The summed E-state index contributed by atoms with van der Waals surface area (Å²) in [6, 6.07) is 22.5. The molecule has 156 valence electrons. The van der Waals surface area contributed by atoms with Gasteiger partial charge in [-0.15, -0.1) is 0 Å². The second-order valence-corrected chi connectivity index (χ2v) is 8.68. The number of sulfonamides is 1. The molecule has 1 atom stereocenters. The molecule has 1 N–H and O–H groups in total. The van der Waals surface area contributed by atoms with Crippen LogP contribution in [-0.4, -0.2) is 25.3 Å². The van der Waals surface area contributed by atoms with Crippen LogP contribution < -0.4 is 4.72 Å². The van der Waals surface area contributed by atoms with Gasteiger partial charge in [-0.3, -0.25) is 4.79 Å². The van der Waals surface area contributed by atoms with E-state index >= 15 is 0 Å². The third-order valence-corrected chi connectivity index (χ3v) is 6.13. The molecule has 3 aromatic carbocycles. The van der Waals surface area contributed by atoms with Crippen molar-refractivity contribution < 1.29 is 17.6 Å². The van der Waals surface area contributed by atoms with Crippen LogP contribution in [0.4, 0.5) is 4.39 Å². The van der Waals surface area contributed by atoms with Gasteiger partial charge in [-0.05, 0) is 42.3 Å². The smallest absolute Gasteiger partial charge is 0.241 e. The molecule has 0 aliphatic carbocycles. The maximum absolute atomic E-state index is 13.2. The van der Waals surface area contributed by atoms with Gasteiger partial charge in [0.2, 0.25) is 15.9 Å². The van der Waals surface area contributed by atoms with Crippen LogP contribution in [0.25, 0.3) is 0 Å². The molecule has 0 bridgehead atoms. The molecule has 3 rings (SSSR count). The Kier molecular flexibility index (Phi) is 6.97. The number of hydrogen-bond acceptors (Lipinski definition) is 3. The van der Waals surface area contributed by atoms with E-state index in [1.54, 1.807) is 4.90 Å². The SMILES string of the molecule is C[C@H](NS(=O)(=O)c1ccc(F)cc1)C(=O)N(Cc1ccccc1)Cc1ccccc1. The van der Waals surface area contributed by atoms with E-state index in [1.807, 2.05) is 60.7 Å². The molecule has 0 aromatic heterocycles. The number of hydrogen-bond donors (Lipinski definition) is 1. The third-order valence-electron chi connectivity index (χ3n) is 4.57. The minimum atomic E-state index is -3.96. The standard InChI is InChI=1S/C23H23FN2O3S/c1-18(25-30(28,29)22-14-12-21(24)13-15-22)23(27)26(16-19-8-4-2-5-9-19)17-20-10-6-3-7-11-20/h2-15,18,25H,16-17H2,1H3/t18-/m0/s1. The zero-order valence-corrected chi connectivity index (χ0v) is 17.3. The third kappa shape index (κ3) is 5.75. The minimum absolute atomic E-state index is 0.0961. The van der Waals surface area contributed by atoms with E-state index in [1.165, 1.54) is 19.1 Å². The predicted octanol–water partition coefficient (Wildman–Crippen LogP) is 3.72. The number of nitrogens with zero attached hydrogens (tertiary/aromatic N) is 1. The first-order chi connectivity index (χ1) is 14.3. The monoisotopic (exact) mass is 426 g/mol. The van der Waals surface area contributed by atoms with Crippen molar-refractivity contribution in [3.63, 3.8) is 0 Å². The highest BCUT2D eigenvalue weighted by atomic mass is 32.2. The first-order valence-corrected chi connectivity index (χ1v) is 11.0. The lowest BCUT2D eigenvalue weighted by Crippen LogP contribution is -2.46. The van der Waals surface area contributed by atoms with E-state index in [4.69, 9.17) is 0 Å². The lowest BCUT2D eigenvalue weighted by Gasteiger charge is -2.26. The van der Waals surface area contributed by atoms with E-state index in [2.05, 4.69) is 4.72 Å². The molecule has 7 heteroatoms. The Morgan fingerprint density at radius 2 is 1.33 bits per heavy atom. The molecular weight excluding hydrogens is 403 g/mol. The van der Waals surface area contributed by atoms with Crippen molar-refractivity contribution in [2.75, 3.05) is 0 Å². The van der Waals surface area contributed by atoms with E-state index in [0.717, 1.165) is 23.3 Å². The van der Waals surface area contributed by atoms with Crippen molar-refractivity contribution in [1.82, 2.24) is 9.62 Å². The molecule has 30 heavy (non-hydrogen) atoms. The zero-order valence-electron chi connectivity index (χ0n) is 16.5. The van der Waals surface area contributed by atoms with Gasteiger partial charge in [-0.1, -0.05) is 60.7 Å². The molecule has 0 heterocycles. The number of amides is 1. The van der Waals surface area contributed by atoms with Crippen molar-refractivity contribution >= 4 is 15.9 Å². The topological polar surface area (TPSA) is 66.5 Å². The van der Waals surface area contributed by atoms with Gasteiger partial charge < -0.3 is 4.90 Å². The Morgan fingerprint density at radius 3 is 1.80 bits per heavy atom. The van der Waals surface area contributed by atoms with E-state index < -0.39 is 21.9 Å². The van der Waals surface area contributed by atoms with Crippen molar-refractivity contribution in [3.8, 4) is 0 Å². The molecule has 0 aliphatic heterocycles. The highest BCUT2D eigenvalue weighted by Gasteiger charge is 2.26. The van der Waals surface area contributed by atoms with Gasteiger partial charge in [-0.2, -0.15) is 4.72 Å². The first kappa shape index (κ1) is 21.7. The lowest BCUT2D eigenvalue weighted by molar-refractivity contribution is -0.133. The Morgan fingerprint density at radius 1 is 0.867 bits per heavy atom. The summed E-state index contributed by atoms with van der Waals surface area (Å²) in [5, 5.41) is 0. The normalized spacial score (nSPS) is 12.3. The first-order valence-electron chi connectivity index (χ1n) is 9.50. The largest absolute Gasteiger partial charge is 0.333 e. The van der Waals surface area contributed by atoms with Gasteiger partial charge in [0.15, 0.2) is 0 Å². The van der Waals surface area contributed by atoms with Crippen LogP contribution >= 0.6 is 0 Å². The van der Waals surface area contributed by atoms with Crippen LogP contribution in [0.15, 0.2) is 89.8 Å². The maximum atomic E-state index is 13.2. The Hall–Kier alpha value is -3.03. The predicted molar refractivity (Wildman–Crippen MR) is 113 cm³/mol. The fourth-order valence-corrected chi connectivity index (χ4v) is 4.25. The van der Waals surface area contributed by atoms with Crippen LogP contribution in [0.5, 0.6) is 0 Å². The Labute approximate surface area is 176 Å². The van der Waals surface area contributed by atoms with Gasteiger partial charge in [0, 0.05) is 13.1 Å². The van der Waals surface area contributed by atoms with Crippen molar-refractivity contribution in [2.24, 2.45) is 0 Å². The molecule has 0 saturated heterocycles. The molecule has 0 spiro atoms. The van der Waals surface area contributed by atoms with Gasteiger partial charge in [-0.25, -0.2) is 12.8 Å². The van der Waals surface area contributed by atoms with Crippen LogP contribution in [0.2, 0.25) is 0 Å². The van der Waals surface area contributed by atoms with E-state index in [-0.39, 0.29) is 10.8 Å². The molecular formula is C23H23FN2O3S. The molecule has 0 unspecified atom stereocenters. The lowest BCUT2D eigenvalue weighted by atomic mass is 10.1. The summed E-state index contributed by atoms with van der Waals surface area (Å²) in [6.07, 6.45) is 0. The fourth-order valence-electron chi connectivity index (χ4n) is 3.06. The molecule has 3 aromatic rings. The number of carbonyl (C=O) groups excluding carboxylic acids is 1. The van der Waals surface area contributed by atoms with Crippen LogP contribution in [-0.2, 0) is 27.9 Å². The van der Waals surface area contributed by atoms with Crippen molar-refractivity contribution in [2.45, 2.75) is 31.0 Å². The number of nitrogens with one attached hydrogen (secondary N) is 1. The zero-order chi connectivity index (χ0) is 21.6. The number of benzene rings is 3. The summed E-state index contributed by atoms with van der Waals surface area (Å²) >= 11 is 0. The summed E-state index contributed by atoms with van der Waals surface area (Å²) < 4.78 is 40.7. The number of carbonyl (C=O) groups is 1. The van der Waals surface area contributed by atoms with Gasteiger partial charge >= 0.3 is 0 Å². The van der Waals surface area contributed by atoms with Gasteiger partial charge in [0.05, 0.1) is 10.9 Å². The highest BCUT2D eigenvalue weighted by molar-refractivity contribution is 7.89. The summed E-state index contributed by atoms with van der Waals surface area (Å²) in [5.74, 6) is -0.886. The average molecular weight is 427 g/mol. The highest BCUT2D eigenvalue weighted by Crippen LogP contribution is 2.14. The second-order valence-electron chi connectivity index (χ2n) is 6.96. The molecule has 0 fully saturated rings. The van der Waals surface area contributed by atoms with Crippen molar-refractivity contribution in [3.05, 3.63) is 102 Å². The number of rotatable bonds is 8. The summed E-state index contributed by atoms with van der Waals surface area (Å²) in [5.41, 5.74) is 1.88. The fraction of sp³-hybridized carbons (Fsp3) is 0.174. The van der Waals surface area contributed by atoms with E-state index in [0.29, 0.717) is 13.1 Å². The molecule has 5 nitrogen and oxygen atoms in total. The molecule has 0 aliphatic rings. The molecule has 0 saturated carbocycles. The van der Waals surface area contributed by atoms with Crippen LogP contribution in [0.1, 0.15) is 18.1 Å². The van der Waals surface area contributed by atoms with Crippen LogP contribution in [0, 0.1) is 5.82 Å². The minimum Gasteiger partial charge on any atom is -0.333 e. The summed E-state index contributed by atoms with van der Waals surface area (Å²) in [4.78, 5) is 14.7. The number of halogens is 1. The van der Waals surface area contributed by atoms with Crippen LogP contribution in [0.3, 0.4) is 0 Å². The van der Waals surface area contributed by atoms with E-state index in [9.17, 15) is 17.6 Å². The quantitative estimate of drug-likeness (QED) is 0.597. The van der Waals surface area contributed by atoms with Gasteiger partial charge in [0.25, 0.3) is 0 Å². The molecule has 1 amide bonds. The second kappa shape index (κ2) is 9.65. The summed E-state index contributed by atoms with van der Waals surface area (Å²) in [6.45, 7) is 2.20.